The number of hydrogen-bond donors (Lipinski definition) is 2. The van der Waals surface area contributed by atoms with Crippen LogP contribution in [0.1, 0.15) is 16.3 Å². The van der Waals surface area contributed by atoms with Gasteiger partial charge >= 0.3 is 0 Å². The maximum absolute atomic E-state index is 5.63. The standard InChI is InChI=1S/C15H16N4S2/c1-9-10(2)21-15-13(9)14(19-16)17-12(18-15)8-20-11-6-4-3-5-7-11/h3-7H,8,16H2,1-2H3,(H,17,18,19). The third kappa shape index (κ3) is 2.88. The Morgan fingerprint density at radius 1 is 1.19 bits per heavy atom. The van der Waals surface area contributed by atoms with Crippen LogP contribution in [0, 0.1) is 13.8 Å². The van der Waals surface area contributed by atoms with E-state index < -0.39 is 0 Å². The molecule has 2 aromatic heterocycles. The summed E-state index contributed by atoms with van der Waals surface area (Å²) >= 11 is 3.41. The molecular weight excluding hydrogens is 300 g/mol. The van der Waals surface area contributed by atoms with Crippen molar-refractivity contribution in [1.82, 2.24) is 9.97 Å². The Hall–Kier alpha value is -1.63. The van der Waals surface area contributed by atoms with Crippen molar-refractivity contribution in [2.45, 2.75) is 24.5 Å². The first kappa shape index (κ1) is 14.3. The van der Waals surface area contributed by atoms with Crippen molar-refractivity contribution >= 4 is 39.1 Å². The Labute approximate surface area is 131 Å². The number of benzene rings is 1. The van der Waals surface area contributed by atoms with Crippen molar-refractivity contribution < 1.29 is 0 Å². The lowest BCUT2D eigenvalue weighted by Crippen LogP contribution is -2.10. The summed E-state index contributed by atoms with van der Waals surface area (Å²) in [5.41, 5.74) is 3.91. The van der Waals surface area contributed by atoms with E-state index in [1.165, 1.54) is 15.3 Å². The summed E-state index contributed by atoms with van der Waals surface area (Å²) in [4.78, 5) is 12.7. The Balaban J connectivity index is 1.93. The van der Waals surface area contributed by atoms with Crippen LogP contribution in [-0.4, -0.2) is 9.97 Å². The largest absolute Gasteiger partial charge is 0.308 e. The fourth-order valence-corrected chi connectivity index (χ4v) is 3.95. The molecule has 0 aliphatic heterocycles. The summed E-state index contributed by atoms with van der Waals surface area (Å²) in [6, 6.07) is 10.3. The first-order valence-electron chi connectivity index (χ1n) is 6.60. The van der Waals surface area contributed by atoms with Gasteiger partial charge in [-0.3, -0.25) is 0 Å². The molecule has 3 aromatic rings. The lowest BCUT2D eigenvalue weighted by Gasteiger charge is -2.06. The van der Waals surface area contributed by atoms with E-state index in [4.69, 9.17) is 5.84 Å². The topological polar surface area (TPSA) is 63.8 Å². The molecule has 0 saturated carbocycles. The highest BCUT2D eigenvalue weighted by Crippen LogP contribution is 2.33. The normalized spacial score (nSPS) is 11.0. The van der Waals surface area contributed by atoms with E-state index in [0.717, 1.165) is 21.8 Å². The molecule has 0 spiro atoms. The molecule has 108 valence electrons. The van der Waals surface area contributed by atoms with Crippen molar-refractivity contribution in [1.29, 1.82) is 0 Å². The van der Waals surface area contributed by atoms with Gasteiger partial charge < -0.3 is 5.43 Å². The second-order valence-electron chi connectivity index (χ2n) is 4.70. The van der Waals surface area contributed by atoms with Crippen molar-refractivity contribution in [3.8, 4) is 0 Å². The van der Waals surface area contributed by atoms with Gasteiger partial charge in [0.25, 0.3) is 0 Å². The Morgan fingerprint density at radius 3 is 2.67 bits per heavy atom. The molecule has 0 radical (unpaired) electrons. The minimum absolute atomic E-state index is 0.713. The summed E-state index contributed by atoms with van der Waals surface area (Å²) in [6.45, 7) is 4.18. The van der Waals surface area contributed by atoms with Crippen molar-refractivity contribution in [2.75, 3.05) is 5.43 Å². The molecule has 0 aliphatic carbocycles. The van der Waals surface area contributed by atoms with Crippen LogP contribution in [-0.2, 0) is 5.75 Å². The molecule has 1 aromatic carbocycles. The lowest BCUT2D eigenvalue weighted by molar-refractivity contribution is 1.06. The molecule has 0 unspecified atom stereocenters. The van der Waals surface area contributed by atoms with Crippen LogP contribution in [0.3, 0.4) is 0 Å². The van der Waals surface area contributed by atoms with E-state index in [2.05, 4.69) is 41.4 Å². The van der Waals surface area contributed by atoms with Crippen LogP contribution in [0.25, 0.3) is 10.2 Å². The van der Waals surface area contributed by atoms with Crippen LogP contribution >= 0.6 is 23.1 Å². The Morgan fingerprint density at radius 2 is 1.95 bits per heavy atom. The molecule has 6 heteroatoms. The molecule has 0 bridgehead atoms. The van der Waals surface area contributed by atoms with Gasteiger partial charge in [0.15, 0.2) is 5.82 Å². The third-order valence-corrected chi connectivity index (χ3v) is 5.43. The molecule has 0 atom stereocenters. The van der Waals surface area contributed by atoms with Gasteiger partial charge in [0, 0.05) is 9.77 Å². The monoisotopic (exact) mass is 316 g/mol. The van der Waals surface area contributed by atoms with Gasteiger partial charge in [0.05, 0.1) is 11.1 Å². The number of aryl methyl sites for hydroxylation is 2. The number of fused-ring (bicyclic) bond motifs is 1. The predicted octanol–water partition coefficient (Wildman–Crippen LogP) is 3.89. The molecule has 3 rings (SSSR count). The molecule has 3 N–H and O–H groups in total. The summed E-state index contributed by atoms with van der Waals surface area (Å²) in [5, 5.41) is 1.04. The van der Waals surface area contributed by atoms with E-state index in [1.54, 1.807) is 23.1 Å². The van der Waals surface area contributed by atoms with Crippen molar-refractivity contribution in [2.24, 2.45) is 5.84 Å². The number of thioether (sulfide) groups is 1. The van der Waals surface area contributed by atoms with E-state index in [1.807, 2.05) is 18.2 Å². The first-order valence-corrected chi connectivity index (χ1v) is 8.40. The van der Waals surface area contributed by atoms with Crippen LogP contribution in [0.5, 0.6) is 0 Å². The highest BCUT2D eigenvalue weighted by Gasteiger charge is 2.14. The fourth-order valence-electron chi connectivity index (χ4n) is 2.13. The highest BCUT2D eigenvalue weighted by molar-refractivity contribution is 7.98. The average molecular weight is 316 g/mol. The molecule has 0 fully saturated rings. The number of nitrogens with two attached hydrogens (primary N) is 1. The number of rotatable bonds is 4. The maximum Gasteiger partial charge on any atom is 0.152 e. The molecule has 0 aliphatic rings. The summed E-state index contributed by atoms with van der Waals surface area (Å²) in [5.74, 6) is 7.86. The van der Waals surface area contributed by atoms with Gasteiger partial charge in [0.2, 0.25) is 0 Å². The van der Waals surface area contributed by atoms with E-state index in [0.29, 0.717) is 5.82 Å². The minimum Gasteiger partial charge on any atom is -0.308 e. The number of nitrogen functional groups attached to an aromatic ring is 1. The summed E-state index contributed by atoms with van der Waals surface area (Å²) in [6.07, 6.45) is 0. The second-order valence-corrected chi connectivity index (χ2v) is 6.95. The first-order chi connectivity index (χ1) is 10.2. The molecule has 0 saturated heterocycles. The second kappa shape index (κ2) is 6.01. The summed E-state index contributed by atoms with van der Waals surface area (Å²) < 4.78 is 0. The summed E-state index contributed by atoms with van der Waals surface area (Å²) in [7, 11) is 0. The van der Waals surface area contributed by atoms with E-state index in [-0.39, 0.29) is 0 Å². The van der Waals surface area contributed by atoms with E-state index in [9.17, 15) is 0 Å². The van der Waals surface area contributed by atoms with Gasteiger partial charge in [-0.05, 0) is 31.5 Å². The molecule has 21 heavy (non-hydrogen) atoms. The van der Waals surface area contributed by atoms with Gasteiger partial charge in [-0.15, -0.1) is 23.1 Å². The molecule has 4 nitrogen and oxygen atoms in total. The number of hydrazine groups is 1. The zero-order valence-corrected chi connectivity index (χ0v) is 13.5. The highest BCUT2D eigenvalue weighted by atomic mass is 32.2. The number of thiophene rings is 1. The third-order valence-electron chi connectivity index (χ3n) is 3.32. The van der Waals surface area contributed by atoms with Gasteiger partial charge in [0.1, 0.15) is 10.7 Å². The SMILES string of the molecule is Cc1sc2nc(CSc3ccccc3)nc(NN)c2c1C. The quantitative estimate of drug-likeness (QED) is 0.434. The minimum atomic E-state index is 0.713. The Kier molecular flexibility index (Phi) is 4.10. The molecular formula is C15H16N4S2. The number of hydrogen-bond acceptors (Lipinski definition) is 6. The van der Waals surface area contributed by atoms with Gasteiger partial charge in [-0.2, -0.15) is 0 Å². The number of nitrogens with zero attached hydrogens (tertiary/aromatic N) is 2. The van der Waals surface area contributed by atoms with Crippen LogP contribution < -0.4 is 11.3 Å². The van der Waals surface area contributed by atoms with Crippen molar-refractivity contribution in [3.05, 3.63) is 46.6 Å². The smallest absolute Gasteiger partial charge is 0.152 e. The number of nitrogens with one attached hydrogen (secondary N) is 1. The maximum atomic E-state index is 5.63. The van der Waals surface area contributed by atoms with Crippen LogP contribution in [0.4, 0.5) is 5.82 Å². The van der Waals surface area contributed by atoms with Gasteiger partial charge in [-0.25, -0.2) is 15.8 Å². The Bertz CT molecular complexity index is 768. The predicted molar refractivity (Wildman–Crippen MR) is 90.7 cm³/mol. The van der Waals surface area contributed by atoms with Gasteiger partial charge in [-0.1, -0.05) is 18.2 Å². The van der Waals surface area contributed by atoms with Crippen molar-refractivity contribution in [3.63, 3.8) is 0 Å². The van der Waals surface area contributed by atoms with Crippen LogP contribution in [0.15, 0.2) is 35.2 Å². The zero-order valence-electron chi connectivity index (χ0n) is 11.9. The lowest BCUT2D eigenvalue weighted by atomic mass is 10.2. The number of aromatic nitrogens is 2. The fraction of sp³-hybridized carbons (Fsp3) is 0.200. The molecule has 2 heterocycles. The number of anilines is 1. The average Bonchev–Trinajstić information content (AvgIpc) is 2.80. The molecule has 0 amide bonds. The van der Waals surface area contributed by atoms with Crippen LogP contribution in [0.2, 0.25) is 0 Å². The zero-order chi connectivity index (χ0) is 14.8. The van der Waals surface area contributed by atoms with E-state index >= 15 is 0 Å².